The van der Waals surface area contributed by atoms with Crippen LogP contribution in [0.15, 0.2) is 29.4 Å². The van der Waals surface area contributed by atoms with E-state index in [1.165, 1.54) is 18.2 Å². The second-order valence-electron chi connectivity index (χ2n) is 9.49. The highest BCUT2D eigenvalue weighted by Gasteiger charge is 2.50. The van der Waals surface area contributed by atoms with Crippen LogP contribution in [0, 0.1) is 10.8 Å². The van der Waals surface area contributed by atoms with Crippen molar-refractivity contribution in [2.45, 2.75) is 51.2 Å². The van der Waals surface area contributed by atoms with Crippen LogP contribution in [0.25, 0.3) is 22.1 Å². The summed E-state index contributed by atoms with van der Waals surface area (Å²) >= 11 is 1.38. The lowest BCUT2D eigenvalue weighted by atomic mass is 9.65. The number of hydrogen-bond donors (Lipinski definition) is 1. The molecule has 3 aromatic rings. The molecule has 2 atom stereocenters. The van der Waals surface area contributed by atoms with Crippen molar-refractivity contribution in [1.82, 2.24) is 25.1 Å². The van der Waals surface area contributed by atoms with Crippen molar-refractivity contribution in [2.24, 2.45) is 10.8 Å². The van der Waals surface area contributed by atoms with Crippen LogP contribution in [0.5, 0.6) is 0 Å². The third kappa shape index (κ3) is 3.05. The Hall–Kier alpha value is -2.15. The van der Waals surface area contributed by atoms with Crippen LogP contribution in [0.3, 0.4) is 0 Å². The van der Waals surface area contributed by atoms with Gasteiger partial charge in [-0.05, 0) is 36.2 Å². The van der Waals surface area contributed by atoms with Crippen molar-refractivity contribution >= 4 is 39.7 Å². The maximum atomic E-state index is 12.9. The van der Waals surface area contributed by atoms with Crippen LogP contribution in [-0.4, -0.2) is 49.3 Å². The Morgan fingerprint density at radius 1 is 1.25 bits per heavy atom. The van der Waals surface area contributed by atoms with E-state index >= 15 is 0 Å². The molecular formula is C21H25N5OS. The van der Waals surface area contributed by atoms with Gasteiger partial charge in [-0.1, -0.05) is 50.7 Å². The smallest absolute Gasteiger partial charge is 0.233 e. The molecule has 1 aromatic carbocycles. The minimum Gasteiger partial charge on any atom is -0.338 e. The molecule has 0 radical (unpaired) electrons. The zero-order chi connectivity index (χ0) is 19.5. The normalized spacial score (nSPS) is 26.2. The molecule has 2 unspecified atom stereocenters. The SMILES string of the molecule is CC1(C)CC2CC(C)(CN2C(=O)CSc2nnc3c(n2)[nH]c2ccccc23)C1. The van der Waals surface area contributed by atoms with Gasteiger partial charge < -0.3 is 9.88 Å². The van der Waals surface area contributed by atoms with E-state index < -0.39 is 0 Å². The van der Waals surface area contributed by atoms with Gasteiger partial charge in [0.25, 0.3) is 0 Å². The number of nitrogens with one attached hydrogen (secondary N) is 1. The lowest BCUT2D eigenvalue weighted by molar-refractivity contribution is -0.129. The van der Waals surface area contributed by atoms with Crippen molar-refractivity contribution in [3.63, 3.8) is 0 Å². The summed E-state index contributed by atoms with van der Waals surface area (Å²) in [5.74, 6) is 0.553. The molecule has 2 aliphatic rings. The van der Waals surface area contributed by atoms with Gasteiger partial charge in [0.1, 0.15) is 5.52 Å². The monoisotopic (exact) mass is 395 g/mol. The number of carbonyl (C=O) groups excluding carboxylic acids is 1. The number of thioether (sulfide) groups is 1. The number of carbonyl (C=O) groups is 1. The number of H-pyrrole nitrogens is 1. The molecule has 3 heterocycles. The molecule has 1 aliphatic heterocycles. The Morgan fingerprint density at radius 3 is 2.93 bits per heavy atom. The van der Waals surface area contributed by atoms with Crippen LogP contribution >= 0.6 is 11.8 Å². The van der Waals surface area contributed by atoms with Gasteiger partial charge in [-0.2, -0.15) is 0 Å². The Bertz CT molecular complexity index is 1080. The van der Waals surface area contributed by atoms with E-state index in [0.29, 0.717) is 22.4 Å². The predicted molar refractivity (Wildman–Crippen MR) is 111 cm³/mol. The largest absolute Gasteiger partial charge is 0.338 e. The van der Waals surface area contributed by atoms with Gasteiger partial charge >= 0.3 is 0 Å². The number of para-hydroxylation sites is 1. The quantitative estimate of drug-likeness (QED) is 0.678. The fourth-order valence-electron chi connectivity index (χ4n) is 5.53. The van der Waals surface area contributed by atoms with E-state index in [-0.39, 0.29) is 11.3 Å². The maximum absolute atomic E-state index is 12.9. The molecule has 28 heavy (non-hydrogen) atoms. The highest BCUT2D eigenvalue weighted by atomic mass is 32.2. The molecule has 2 aromatic heterocycles. The fourth-order valence-corrected chi connectivity index (χ4v) is 6.20. The van der Waals surface area contributed by atoms with Gasteiger partial charge in [-0.15, -0.1) is 10.2 Å². The number of rotatable bonds is 3. The van der Waals surface area contributed by atoms with Crippen molar-refractivity contribution in [3.05, 3.63) is 24.3 Å². The first-order chi connectivity index (χ1) is 13.3. The van der Waals surface area contributed by atoms with Crippen molar-refractivity contribution in [2.75, 3.05) is 12.3 Å². The lowest BCUT2D eigenvalue weighted by Gasteiger charge is -2.39. The van der Waals surface area contributed by atoms with E-state index in [1.807, 2.05) is 24.3 Å². The van der Waals surface area contributed by atoms with Crippen LogP contribution < -0.4 is 0 Å². The number of fused-ring (bicyclic) bond motifs is 5. The summed E-state index contributed by atoms with van der Waals surface area (Å²) in [7, 11) is 0. The number of likely N-dealkylation sites (tertiary alicyclic amines) is 1. The highest BCUT2D eigenvalue weighted by molar-refractivity contribution is 7.99. The van der Waals surface area contributed by atoms with Crippen LogP contribution in [0.4, 0.5) is 0 Å². The lowest BCUT2D eigenvalue weighted by Crippen LogP contribution is -2.38. The Morgan fingerprint density at radius 2 is 2.07 bits per heavy atom. The Labute approximate surface area is 168 Å². The zero-order valence-electron chi connectivity index (χ0n) is 16.5. The second-order valence-corrected chi connectivity index (χ2v) is 10.4. The summed E-state index contributed by atoms with van der Waals surface area (Å²) < 4.78 is 0. The van der Waals surface area contributed by atoms with Gasteiger partial charge in [0, 0.05) is 23.5 Å². The van der Waals surface area contributed by atoms with E-state index in [1.54, 1.807) is 0 Å². The summed E-state index contributed by atoms with van der Waals surface area (Å²) in [5, 5.41) is 10.1. The van der Waals surface area contributed by atoms with E-state index in [9.17, 15) is 4.79 Å². The summed E-state index contributed by atoms with van der Waals surface area (Å²) in [5.41, 5.74) is 3.06. The summed E-state index contributed by atoms with van der Waals surface area (Å²) in [4.78, 5) is 22.9. The summed E-state index contributed by atoms with van der Waals surface area (Å²) in [6.45, 7) is 7.86. The summed E-state index contributed by atoms with van der Waals surface area (Å²) in [6.07, 6.45) is 3.42. The van der Waals surface area contributed by atoms with Crippen LogP contribution in [-0.2, 0) is 4.79 Å². The molecule has 5 rings (SSSR count). The number of amides is 1. The molecule has 2 fully saturated rings. The van der Waals surface area contributed by atoms with Gasteiger partial charge in [-0.3, -0.25) is 4.79 Å². The molecule has 6 nitrogen and oxygen atoms in total. The number of hydrogen-bond acceptors (Lipinski definition) is 5. The fraction of sp³-hybridized carbons (Fsp3) is 0.524. The van der Waals surface area contributed by atoms with Crippen LogP contribution in [0.2, 0.25) is 0 Å². The van der Waals surface area contributed by atoms with Crippen molar-refractivity contribution in [3.8, 4) is 0 Å². The van der Waals surface area contributed by atoms with Crippen LogP contribution in [0.1, 0.15) is 40.0 Å². The maximum Gasteiger partial charge on any atom is 0.233 e. The Balaban J connectivity index is 1.31. The minimum atomic E-state index is 0.191. The average molecular weight is 396 g/mol. The first-order valence-electron chi connectivity index (χ1n) is 9.85. The molecule has 2 bridgehead atoms. The first-order valence-corrected chi connectivity index (χ1v) is 10.8. The number of benzene rings is 1. The molecular weight excluding hydrogens is 370 g/mol. The number of nitrogens with zero attached hydrogens (tertiary/aromatic N) is 4. The van der Waals surface area contributed by atoms with Gasteiger partial charge in [0.05, 0.1) is 5.75 Å². The Kier molecular flexibility index (Phi) is 3.95. The molecule has 1 amide bonds. The van der Waals surface area contributed by atoms with Gasteiger partial charge in [0.2, 0.25) is 11.1 Å². The van der Waals surface area contributed by atoms with Gasteiger partial charge in [0.15, 0.2) is 5.65 Å². The molecule has 146 valence electrons. The van der Waals surface area contributed by atoms with E-state index in [4.69, 9.17) is 0 Å². The standard InChI is InChI=1S/C21H25N5OS/c1-20(2)8-13-9-21(3,11-20)12-26(13)16(27)10-28-19-23-18-17(24-25-19)14-6-4-5-7-15(14)22-18/h4-7,13H,8-12H2,1-3H3,(H,22,23,25). The molecule has 1 saturated carbocycles. The molecule has 1 aliphatic carbocycles. The zero-order valence-corrected chi connectivity index (χ0v) is 17.3. The third-order valence-corrected chi connectivity index (χ3v) is 6.98. The third-order valence-electron chi connectivity index (χ3n) is 6.16. The molecule has 0 spiro atoms. The molecule has 1 N–H and O–H groups in total. The van der Waals surface area contributed by atoms with E-state index in [2.05, 4.69) is 45.8 Å². The van der Waals surface area contributed by atoms with Crippen molar-refractivity contribution in [1.29, 1.82) is 0 Å². The topological polar surface area (TPSA) is 74.8 Å². The highest BCUT2D eigenvalue weighted by Crippen LogP contribution is 2.52. The minimum absolute atomic E-state index is 0.191. The predicted octanol–water partition coefficient (Wildman–Crippen LogP) is 4.03. The average Bonchev–Trinajstić information content (AvgIpc) is 3.12. The number of aromatic nitrogens is 4. The van der Waals surface area contributed by atoms with E-state index in [0.717, 1.165) is 41.5 Å². The summed E-state index contributed by atoms with van der Waals surface area (Å²) in [6, 6.07) is 8.34. The van der Waals surface area contributed by atoms with Crippen molar-refractivity contribution < 1.29 is 4.79 Å². The number of aromatic amines is 1. The molecule has 1 saturated heterocycles. The molecule has 7 heteroatoms. The van der Waals surface area contributed by atoms with Gasteiger partial charge in [-0.25, -0.2) is 4.98 Å². The second kappa shape index (κ2) is 6.17. The first kappa shape index (κ1) is 17.9.